The third-order valence-electron chi connectivity index (χ3n) is 1.57. The summed E-state index contributed by atoms with van der Waals surface area (Å²) in [5.74, 6) is 1.26. The first kappa shape index (κ1) is 10.1. The zero-order valence-corrected chi connectivity index (χ0v) is 7.98. The van der Waals surface area contributed by atoms with Gasteiger partial charge >= 0.3 is 0 Å². The Kier molecular flexibility index (Phi) is 4.34. The first-order chi connectivity index (χ1) is 6.34. The molecule has 68 valence electrons. The molecule has 0 bridgehead atoms. The summed E-state index contributed by atoms with van der Waals surface area (Å²) in [7, 11) is 0. The van der Waals surface area contributed by atoms with Crippen LogP contribution in [0, 0.1) is 17.1 Å². The van der Waals surface area contributed by atoms with Gasteiger partial charge in [-0.25, -0.2) is 4.39 Å². The van der Waals surface area contributed by atoms with Crippen LogP contribution in [0.3, 0.4) is 0 Å². The van der Waals surface area contributed by atoms with Gasteiger partial charge in [-0.05, 0) is 11.6 Å². The van der Waals surface area contributed by atoms with Gasteiger partial charge < -0.3 is 0 Å². The average Bonchev–Trinajstić information content (AvgIpc) is 2.15. The standard InChI is InChI=1S/C10H10FNS/c11-10-5-2-1-4-9(10)8-13-7-3-6-12/h1-2,4-5H,3,7-8H2. The van der Waals surface area contributed by atoms with Gasteiger partial charge in [0.25, 0.3) is 0 Å². The third-order valence-corrected chi connectivity index (χ3v) is 2.58. The van der Waals surface area contributed by atoms with Crippen LogP contribution in [0.4, 0.5) is 4.39 Å². The summed E-state index contributed by atoms with van der Waals surface area (Å²) in [6.45, 7) is 0. The summed E-state index contributed by atoms with van der Waals surface area (Å²) in [6, 6.07) is 8.79. The van der Waals surface area contributed by atoms with E-state index in [-0.39, 0.29) is 5.82 Å². The summed E-state index contributed by atoms with van der Waals surface area (Å²) in [5.41, 5.74) is 0.713. The monoisotopic (exact) mass is 195 g/mol. The lowest BCUT2D eigenvalue weighted by atomic mass is 10.2. The summed E-state index contributed by atoms with van der Waals surface area (Å²) >= 11 is 1.58. The molecule has 1 aromatic rings. The van der Waals surface area contributed by atoms with Crippen molar-refractivity contribution in [2.75, 3.05) is 5.75 Å². The molecule has 0 atom stereocenters. The van der Waals surface area contributed by atoms with Crippen LogP contribution in [-0.4, -0.2) is 5.75 Å². The zero-order valence-electron chi connectivity index (χ0n) is 7.16. The molecule has 0 aliphatic heterocycles. The van der Waals surface area contributed by atoms with Crippen LogP contribution in [0.15, 0.2) is 24.3 Å². The maximum absolute atomic E-state index is 13.0. The van der Waals surface area contributed by atoms with Crippen molar-refractivity contribution >= 4 is 11.8 Å². The lowest BCUT2D eigenvalue weighted by Crippen LogP contribution is -1.87. The van der Waals surface area contributed by atoms with E-state index in [1.165, 1.54) is 6.07 Å². The van der Waals surface area contributed by atoms with Crippen LogP contribution in [-0.2, 0) is 5.75 Å². The van der Waals surface area contributed by atoms with Crippen molar-refractivity contribution in [2.24, 2.45) is 0 Å². The van der Waals surface area contributed by atoms with Gasteiger partial charge in [0.05, 0.1) is 6.07 Å². The SMILES string of the molecule is N#CCCSCc1ccccc1F. The molecule has 0 heterocycles. The molecule has 1 nitrogen and oxygen atoms in total. The molecule has 0 aliphatic rings. The molecule has 0 aromatic heterocycles. The summed E-state index contributed by atoms with van der Waals surface area (Å²) in [6.07, 6.45) is 0.527. The fraction of sp³-hybridized carbons (Fsp3) is 0.300. The third kappa shape index (κ3) is 3.47. The minimum atomic E-state index is -0.160. The Morgan fingerprint density at radius 3 is 2.85 bits per heavy atom. The quantitative estimate of drug-likeness (QED) is 0.690. The van der Waals surface area contributed by atoms with E-state index in [1.54, 1.807) is 23.9 Å². The highest BCUT2D eigenvalue weighted by atomic mass is 32.2. The smallest absolute Gasteiger partial charge is 0.127 e. The van der Waals surface area contributed by atoms with Crippen LogP contribution in [0.25, 0.3) is 0 Å². The topological polar surface area (TPSA) is 23.8 Å². The summed E-state index contributed by atoms with van der Waals surface area (Å²) in [5, 5.41) is 8.28. The summed E-state index contributed by atoms with van der Waals surface area (Å²) < 4.78 is 13.0. The molecule has 0 aliphatic carbocycles. The van der Waals surface area contributed by atoms with Crippen molar-refractivity contribution in [1.29, 1.82) is 5.26 Å². The minimum Gasteiger partial charge on any atom is -0.207 e. The van der Waals surface area contributed by atoms with Gasteiger partial charge in [0.1, 0.15) is 5.82 Å². The van der Waals surface area contributed by atoms with Crippen molar-refractivity contribution in [3.8, 4) is 6.07 Å². The molecule has 0 radical (unpaired) electrons. The average molecular weight is 195 g/mol. The highest BCUT2D eigenvalue weighted by Gasteiger charge is 1.99. The van der Waals surface area contributed by atoms with Gasteiger partial charge in [0, 0.05) is 17.9 Å². The van der Waals surface area contributed by atoms with Gasteiger partial charge in [-0.1, -0.05) is 18.2 Å². The maximum Gasteiger partial charge on any atom is 0.127 e. The van der Waals surface area contributed by atoms with Crippen molar-refractivity contribution < 1.29 is 4.39 Å². The Bertz CT molecular complexity index is 306. The number of hydrogen-bond donors (Lipinski definition) is 0. The Morgan fingerprint density at radius 1 is 1.38 bits per heavy atom. The van der Waals surface area contributed by atoms with Crippen LogP contribution in [0.5, 0.6) is 0 Å². The van der Waals surface area contributed by atoms with E-state index >= 15 is 0 Å². The van der Waals surface area contributed by atoms with Crippen molar-refractivity contribution in [3.05, 3.63) is 35.6 Å². The first-order valence-corrected chi connectivity index (χ1v) is 5.18. The largest absolute Gasteiger partial charge is 0.207 e. The molecule has 0 unspecified atom stereocenters. The molecule has 1 aromatic carbocycles. The van der Waals surface area contributed by atoms with E-state index in [0.29, 0.717) is 17.7 Å². The van der Waals surface area contributed by atoms with E-state index in [1.807, 2.05) is 6.07 Å². The second kappa shape index (κ2) is 5.60. The van der Waals surface area contributed by atoms with Gasteiger partial charge in [-0.15, -0.1) is 0 Å². The molecular weight excluding hydrogens is 185 g/mol. The van der Waals surface area contributed by atoms with Crippen molar-refractivity contribution in [1.82, 2.24) is 0 Å². The fourth-order valence-electron chi connectivity index (χ4n) is 0.915. The number of nitrogens with zero attached hydrogens (tertiary/aromatic N) is 1. The Balaban J connectivity index is 2.37. The van der Waals surface area contributed by atoms with Crippen molar-refractivity contribution in [3.63, 3.8) is 0 Å². The van der Waals surface area contributed by atoms with E-state index in [4.69, 9.17) is 5.26 Å². The predicted octanol–water partition coefficient (Wildman–Crippen LogP) is 2.97. The Morgan fingerprint density at radius 2 is 2.15 bits per heavy atom. The molecular formula is C10H10FNS. The van der Waals surface area contributed by atoms with Crippen LogP contribution < -0.4 is 0 Å². The second-order valence-electron chi connectivity index (χ2n) is 2.55. The number of hydrogen-bond acceptors (Lipinski definition) is 2. The molecule has 0 N–H and O–H groups in total. The summed E-state index contributed by atoms with van der Waals surface area (Å²) in [4.78, 5) is 0. The number of benzene rings is 1. The lowest BCUT2D eigenvalue weighted by Gasteiger charge is -2.00. The van der Waals surface area contributed by atoms with E-state index in [0.717, 1.165) is 5.75 Å². The molecule has 1 rings (SSSR count). The van der Waals surface area contributed by atoms with Gasteiger partial charge in [-0.2, -0.15) is 17.0 Å². The van der Waals surface area contributed by atoms with E-state index < -0.39 is 0 Å². The molecule has 0 fully saturated rings. The molecule has 0 saturated carbocycles. The van der Waals surface area contributed by atoms with E-state index in [9.17, 15) is 4.39 Å². The number of thioether (sulfide) groups is 1. The van der Waals surface area contributed by atoms with Crippen LogP contribution in [0.2, 0.25) is 0 Å². The predicted molar refractivity (Wildman–Crippen MR) is 52.8 cm³/mol. The zero-order chi connectivity index (χ0) is 9.52. The number of nitriles is 1. The molecule has 13 heavy (non-hydrogen) atoms. The molecule has 0 spiro atoms. The normalized spacial score (nSPS) is 9.54. The van der Waals surface area contributed by atoms with Gasteiger partial charge in [0.15, 0.2) is 0 Å². The lowest BCUT2D eigenvalue weighted by molar-refractivity contribution is 0.617. The highest BCUT2D eigenvalue weighted by molar-refractivity contribution is 7.98. The molecule has 3 heteroatoms. The van der Waals surface area contributed by atoms with Gasteiger partial charge in [0.2, 0.25) is 0 Å². The maximum atomic E-state index is 13.0. The fourth-order valence-corrected chi connectivity index (χ4v) is 1.75. The highest BCUT2D eigenvalue weighted by Crippen LogP contribution is 2.15. The van der Waals surface area contributed by atoms with E-state index in [2.05, 4.69) is 6.07 Å². The van der Waals surface area contributed by atoms with Crippen molar-refractivity contribution in [2.45, 2.75) is 12.2 Å². The molecule has 0 saturated heterocycles. The van der Waals surface area contributed by atoms with Crippen LogP contribution in [0.1, 0.15) is 12.0 Å². The number of halogens is 1. The Labute approximate surface area is 81.6 Å². The minimum absolute atomic E-state index is 0.160. The van der Waals surface area contributed by atoms with Crippen LogP contribution >= 0.6 is 11.8 Å². The van der Waals surface area contributed by atoms with Gasteiger partial charge in [-0.3, -0.25) is 0 Å². The first-order valence-electron chi connectivity index (χ1n) is 4.02. The molecule has 0 amide bonds. The second-order valence-corrected chi connectivity index (χ2v) is 3.66. The number of rotatable bonds is 4. The Hall–Kier alpha value is -1.01.